The predicted molar refractivity (Wildman–Crippen MR) is 73.3 cm³/mol. The van der Waals surface area contributed by atoms with Gasteiger partial charge in [0, 0.05) is 12.0 Å². The van der Waals surface area contributed by atoms with Crippen LogP contribution in [-0.2, 0) is 6.42 Å². The van der Waals surface area contributed by atoms with Crippen molar-refractivity contribution in [2.45, 2.75) is 45.3 Å². The van der Waals surface area contributed by atoms with E-state index in [2.05, 4.69) is 49.9 Å². The number of aliphatic hydroxyl groups excluding tert-OH is 1. The van der Waals surface area contributed by atoms with E-state index in [1.807, 2.05) is 14.1 Å². The summed E-state index contributed by atoms with van der Waals surface area (Å²) in [5, 5.41) is 10.4. The minimum absolute atomic E-state index is 0.163. The monoisotopic (exact) mass is 235 g/mol. The molecule has 0 fully saturated rings. The van der Waals surface area contributed by atoms with Crippen LogP contribution >= 0.6 is 0 Å². The first-order valence-electron chi connectivity index (χ1n) is 6.31. The molecule has 0 aliphatic carbocycles. The standard InChI is InChI=1S/C15H25NO/c1-6-15(3,16(4)5)14(17)11-13-9-7-8-12(2)10-13/h7-10,14,17H,6,11H2,1-5H3. The highest BCUT2D eigenvalue weighted by Crippen LogP contribution is 2.23. The summed E-state index contributed by atoms with van der Waals surface area (Å²) in [7, 11) is 4.06. The van der Waals surface area contributed by atoms with Crippen molar-refractivity contribution in [1.29, 1.82) is 0 Å². The number of aryl methyl sites for hydroxylation is 1. The molecule has 17 heavy (non-hydrogen) atoms. The van der Waals surface area contributed by atoms with Crippen LogP contribution in [0.2, 0.25) is 0 Å². The Morgan fingerprint density at radius 1 is 1.35 bits per heavy atom. The molecule has 0 bridgehead atoms. The fourth-order valence-corrected chi connectivity index (χ4v) is 2.13. The maximum absolute atomic E-state index is 10.4. The van der Waals surface area contributed by atoms with Crippen LogP contribution in [0.1, 0.15) is 31.4 Å². The molecule has 1 aromatic rings. The third-order valence-corrected chi connectivity index (χ3v) is 3.97. The van der Waals surface area contributed by atoms with Crippen LogP contribution in [0.25, 0.3) is 0 Å². The number of aliphatic hydroxyl groups is 1. The Labute approximate surface area is 105 Å². The van der Waals surface area contributed by atoms with Gasteiger partial charge in [-0.1, -0.05) is 36.8 Å². The zero-order chi connectivity index (χ0) is 13.1. The lowest BCUT2D eigenvalue weighted by Crippen LogP contribution is -2.51. The largest absolute Gasteiger partial charge is 0.391 e. The second-order valence-electron chi connectivity index (χ2n) is 5.31. The summed E-state index contributed by atoms with van der Waals surface area (Å²) in [5.41, 5.74) is 2.29. The molecule has 96 valence electrons. The van der Waals surface area contributed by atoms with Crippen LogP contribution in [0.15, 0.2) is 24.3 Å². The molecule has 1 N–H and O–H groups in total. The van der Waals surface area contributed by atoms with E-state index in [-0.39, 0.29) is 11.6 Å². The van der Waals surface area contributed by atoms with Gasteiger partial charge in [0.2, 0.25) is 0 Å². The topological polar surface area (TPSA) is 23.5 Å². The fraction of sp³-hybridized carbons (Fsp3) is 0.600. The summed E-state index contributed by atoms with van der Waals surface area (Å²) >= 11 is 0. The van der Waals surface area contributed by atoms with Crippen LogP contribution in [-0.4, -0.2) is 35.7 Å². The molecule has 1 aromatic carbocycles. The first-order valence-corrected chi connectivity index (χ1v) is 6.31. The third-order valence-electron chi connectivity index (χ3n) is 3.97. The van der Waals surface area contributed by atoms with Crippen molar-refractivity contribution in [3.63, 3.8) is 0 Å². The van der Waals surface area contributed by atoms with Gasteiger partial charge in [0.15, 0.2) is 0 Å². The van der Waals surface area contributed by atoms with Crippen LogP contribution in [0.3, 0.4) is 0 Å². The molecule has 0 spiro atoms. The highest BCUT2D eigenvalue weighted by atomic mass is 16.3. The van der Waals surface area contributed by atoms with E-state index in [4.69, 9.17) is 0 Å². The van der Waals surface area contributed by atoms with Crippen molar-refractivity contribution in [3.8, 4) is 0 Å². The summed E-state index contributed by atoms with van der Waals surface area (Å²) in [4.78, 5) is 2.12. The lowest BCUT2D eigenvalue weighted by atomic mass is 9.86. The van der Waals surface area contributed by atoms with E-state index in [1.54, 1.807) is 0 Å². The van der Waals surface area contributed by atoms with Crippen molar-refractivity contribution in [3.05, 3.63) is 35.4 Å². The maximum atomic E-state index is 10.4. The predicted octanol–water partition coefficient (Wildman–Crippen LogP) is 2.63. The highest BCUT2D eigenvalue weighted by Gasteiger charge is 2.33. The summed E-state index contributed by atoms with van der Waals surface area (Å²) in [6, 6.07) is 8.37. The zero-order valence-electron chi connectivity index (χ0n) is 11.7. The van der Waals surface area contributed by atoms with E-state index < -0.39 is 0 Å². The van der Waals surface area contributed by atoms with Crippen LogP contribution in [0, 0.1) is 6.92 Å². The number of hydrogen-bond acceptors (Lipinski definition) is 2. The number of rotatable bonds is 5. The molecule has 0 radical (unpaired) electrons. The molecule has 0 aliphatic heterocycles. The van der Waals surface area contributed by atoms with Gasteiger partial charge in [-0.2, -0.15) is 0 Å². The minimum Gasteiger partial charge on any atom is -0.391 e. The third kappa shape index (κ3) is 3.30. The van der Waals surface area contributed by atoms with Crippen LogP contribution in [0.5, 0.6) is 0 Å². The van der Waals surface area contributed by atoms with Crippen molar-refractivity contribution in [1.82, 2.24) is 4.90 Å². The molecule has 2 heteroatoms. The average Bonchev–Trinajstić information content (AvgIpc) is 2.27. The molecule has 2 atom stereocenters. The zero-order valence-corrected chi connectivity index (χ0v) is 11.7. The van der Waals surface area contributed by atoms with Gasteiger partial charge in [-0.25, -0.2) is 0 Å². The van der Waals surface area contributed by atoms with Crippen molar-refractivity contribution < 1.29 is 5.11 Å². The molecular formula is C15H25NO. The number of benzene rings is 1. The van der Waals surface area contributed by atoms with Gasteiger partial charge in [-0.3, -0.25) is 0 Å². The molecule has 0 saturated carbocycles. The first-order chi connectivity index (χ1) is 7.90. The molecular weight excluding hydrogens is 210 g/mol. The van der Waals surface area contributed by atoms with E-state index in [0.29, 0.717) is 6.42 Å². The average molecular weight is 235 g/mol. The van der Waals surface area contributed by atoms with Gasteiger partial charge in [-0.15, -0.1) is 0 Å². The maximum Gasteiger partial charge on any atom is 0.0761 e. The number of hydrogen-bond donors (Lipinski definition) is 1. The first kappa shape index (κ1) is 14.2. The number of nitrogens with zero attached hydrogens (tertiary/aromatic N) is 1. The summed E-state index contributed by atoms with van der Waals surface area (Å²) in [6.07, 6.45) is 1.31. The molecule has 1 rings (SSSR count). The van der Waals surface area contributed by atoms with Crippen molar-refractivity contribution in [2.75, 3.05) is 14.1 Å². The fourth-order valence-electron chi connectivity index (χ4n) is 2.13. The quantitative estimate of drug-likeness (QED) is 0.848. The SMILES string of the molecule is CCC(C)(C(O)Cc1cccc(C)c1)N(C)C. The summed E-state index contributed by atoms with van der Waals surface area (Å²) in [6.45, 7) is 6.33. The molecule has 0 heterocycles. The molecule has 0 aromatic heterocycles. The Bertz CT molecular complexity index is 362. The lowest BCUT2D eigenvalue weighted by molar-refractivity contribution is 0.00301. The molecule has 0 aliphatic rings. The Balaban J connectivity index is 2.81. The van der Waals surface area contributed by atoms with Crippen LogP contribution < -0.4 is 0 Å². The normalized spacial score (nSPS) is 16.9. The van der Waals surface area contributed by atoms with Crippen molar-refractivity contribution in [2.24, 2.45) is 0 Å². The van der Waals surface area contributed by atoms with Gasteiger partial charge < -0.3 is 10.0 Å². The van der Waals surface area contributed by atoms with E-state index in [9.17, 15) is 5.11 Å². The second-order valence-corrected chi connectivity index (χ2v) is 5.31. The smallest absolute Gasteiger partial charge is 0.0761 e. The van der Waals surface area contributed by atoms with E-state index in [0.717, 1.165) is 6.42 Å². The molecule has 0 saturated heterocycles. The second kappa shape index (κ2) is 5.65. The minimum atomic E-state index is -0.343. The molecule has 2 unspecified atom stereocenters. The van der Waals surface area contributed by atoms with E-state index in [1.165, 1.54) is 11.1 Å². The number of likely N-dealkylation sites (N-methyl/N-ethyl adjacent to an activating group) is 1. The highest BCUT2D eigenvalue weighted by molar-refractivity contribution is 5.23. The van der Waals surface area contributed by atoms with Gasteiger partial charge in [0.1, 0.15) is 0 Å². The van der Waals surface area contributed by atoms with Gasteiger partial charge >= 0.3 is 0 Å². The Morgan fingerprint density at radius 3 is 2.47 bits per heavy atom. The van der Waals surface area contributed by atoms with Crippen LogP contribution in [0.4, 0.5) is 0 Å². The Morgan fingerprint density at radius 2 is 2.00 bits per heavy atom. The Kier molecular flexibility index (Phi) is 4.72. The summed E-state index contributed by atoms with van der Waals surface area (Å²) in [5.74, 6) is 0. The molecule has 2 nitrogen and oxygen atoms in total. The van der Waals surface area contributed by atoms with Gasteiger partial charge in [0.05, 0.1) is 6.10 Å². The lowest BCUT2D eigenvalue weighted by Gasteiger charge is -2.40. The van der Waals surface area contributed by atoms with E-state index >= 15 is 0 Å². The Hall–Kier alpha value is -0.860. The van der Waals surface area contributed by atoms with Gasteiger partial charge in [0.25, 0.3) is 0 Å². The van der Waals surface area contributed by atoms with Crippen molar-refractivity contribution >= 4 is 0 Å². The summed E-state index contributed by atoms with van der Waals surface area (Å²) < 4.78 is 0. The van der Waals surface area contributed by atoms with Gasteiger partial charge in [-0.05, 0) is 39.9 Å². The molecule has 0 amide bonds.